The van der Waals surface area contributed by atoms with Gasteiger partial charge in [0.1, 0.15) is 21.8 Å². The van der Waals surface area contributed by atoms with E-state index < -0.39 is 19.7 Å². The highest BCUT2D eigenvalue weighted by Crippen LogP contribution is 2.49. The van der Waals surface area contributed by atoms with Crippen LogP contribution in [0.15, 0.2) is 0 Å². The second-order valence-electron chi connectivity index (χ2n) is 7.66. The van der Waals surface area contributed by atoms with Crippen LogP contribution >= 0.6 is 7.60 Å². The molecule has 0 N–H and O–H groups in total. The van der Waals surface area contributed by atoms with E-state index in [1.165, 1.54) is 13.1 Å². The lowest BCUT2D eigenvalue weighted by molar-refractivity contribution is -0.0182. The van der Waals surface area contributed by atoms with Gasteiger partial charge in [-0.05, 0) is 11.8 Å². The van der Waals surface area contributed by atoms with Crippen LogP contribution in [0.3, 0.4) is 0 Å². The SMILES string of the molecule is CCC.[B]C1OC(COP(C)(=O)OC2C(COC)OC([B])C2C)C(C)C1C. The van der Waals surface area contributed by atoms with E-state index in [2.05, 4.69) is 13.8 Å². The Balaban J connectivity index is 0.00000114. The molecule has 6 nitrogen and oxygen atoms in total. The van der Waals surface area contributed by atoms with Gasteiger partial charge in [0.2, 0.25) is 0 Å². The van der Waals surface area contributed by atoms with Gasteiger partial charge in [-0.1, -0.05) is 41.0 Å². The highest BCUT2D eigenvalue weighted by molar-refractivity contribution is 7.53. The van der Waals surface area contributed by atoms with Crippen molar-refractivity contribution in [2.75, 3.05) is 27.0 Å². The molecule has 9 atom stereocenters. The molecule has 0 aromatic carbocycles. The van der Waals surface area contributed by atoms with Crippen LogP contribution in [0.4, 0.5) is 0 Å². The first kappa shape index (κ1) is 25.2. The van der Waals surface area contributed by atoms with Crippen LogP contribution < -0.4 is 0 Å². The third kappa shape index (κ3) is 7.17. The number of rotatable bonds is 7. The Morgan fingerprint density at radius 1 is 0.926 bits per heavy atom. The van der Waals surface area contributed by atoms with Gasteiger partial charge in [0.15, 0.2) is 0 Å². The zero-order valence-electron chi connectivity index (χ0n) is 17.8. The van der Waals surface area contributed by atoms with Gasteiger partial charge in [0.05, 0.1) is 25.4 Å². The molecule has 2 heterocycles. The van der Waals surface area contributed by atoms with Crippen molar-refractivity contribution in [3.05, 3.63) is 0 Å². The molecule has 2 aliphatic rings. The highest BCUT2D eigenvalue weighted by Gasteiger charge is 2.44. The lowest BCUT2D eigenvalue weighted by Gasteiger charge is -2.26. The molecule has 4 radical (unpaired) electrons. The van der Waals surface area contributed by atoms with Crippen LogP contribution in [-0.4, -0.2) is 73.0 Å². The second-order valence-corrected chi connectivity index (χ2v) is 9.67. The Bertz CT molecular complexity index is 483. The molecule has 2 saturated heterocycles. The van der Waals surface area contributed by atoms with Crippen LogP contribution in [0.25, 0.3) is 0 Å². The molecule has 154 valence electrons. The normalized spacial score (nSPS) is 41.0. The fourth-order valence-corrected chi connectivity index (χ4v) is 4.38. The summed E-state index contributed by atoms with van der Waals surface area (Å²) in [5.74, 6) is 0.337. The van der Waals surface area contributed by atoms with Gasteiger partial charge in [-0.3, -0.25) is 4.57 Å². The summed E-state index contributed by atoms with van der Waals surface area (Å²) >= 11 is 0. The summed E-state index contributed by atoms with van der Waals surface area (Å²) in [6.45, 7) is 12.2. The van der Waals surface area contributed by atoms with Crippen LogP contribution in [0.5, 0.6) is 0 Å². The Kier molecular flexibility index (Phi) is 10.6. The van der Waals surface area contributed by atoms with E-state index >= 15 is 0 Å². The van der Waals surface area contributed by atoms with Gasteiger partial charge in [-0.15, -0.1) is 0 Å². The van der Waals surface area contributed by atoms with Crippen molar-refractivity contribution >= 4 is 23.3 Å². The third-order valence-electron chi connectivity index (χ3n) is 5.12. The minimum Gasteiger partial charge on any atom is -0.382 e. The quantitative estimate of drug-likeness (QED) is 0.484. The lowest BCUT2D eigenvalue weighted by atomic mass is 9.82. The van der Waals surface area contributed by atoms with E-state index in [0.717, 1.165) is 0 Å². The minimum atomic E-state index is -3.30. The van der Waals surface area contributed by atoms with E-state index in [9.17, 15) is 4.57 Å². The summed E-state index contributed by atoms with van der Waals surface area (Å²) in [5, 5.41) is 0. The maximum Gasteiger partial charge on any atom is 0.328 e. The van der Waals surface area contributed by atoms with Crippen molar-refractivity contribution in [2.24, 2.45) is 17.8 Å². The lowest BCUT2D eigenvalue weighted by Crippen LogP contribution is -2.32. The average Bonchev–Trinajstić information content (AvgIpc) is 2.99. The van der Waals surface area contributed by atoms with Gasteiger partial charge in [-0.2, -0.15) is 0 Å². The Labute approximate surface area is 167 Å². The molecule has 2 fully saturated rings. The summed E-state index contributed by atoms with van der Waals surface area (Å²) in [6, 6.07) is -0.801. The summed E-state index contributed by atoms with van der Waals surface area (Å²) in [7, 11) is 10.1. The van der Waals surface area contributed by atoms with Gasteiger partial charge in [0, 0.05) is 31.7 Å². The van der Waals surface area contributed by atoms with Crippen molar-refractivity contribution in [2.45, 2.75) is 71.4 Å². The summed E-state index contributed by atoms with van der Waals surface area (Å²) < 4.78 is 40.4. The zero-order chi connectivity index (χ0) is 20.8. The Hall–Kier alpha value is 0.160. The molecule has 0 spiro atoms. The highest BCUT2D eigenvalue weighted by atomic mass is 31.2. The molecular weight excluding hydrogens is 365 g/mol. The zero-order valence-corrected chi connectivity index (χ0v) is 18.7. The average molecular weight is 400 g/mol. The van der Waals surface area contributed by atoms with Gasteiger partial charge >= 0.3 is 7.60 Å². The fourth-order valence-electron chi connectivity index (χ4n) is 3.13. The molecule has 0 amide bonds. The number of ether oxygens (including phenoxy) is 3. The molecule has 2 rings (SSSR count). The molecule has 0 aromatic heterocycles. The minimum absolute atomic E-state index is 0.114. The van der Waals surface area contributed by atoms with Crippen molar-refractivity contribution in [1.82, 2.24) is 0 Å². The summed E-state index contributed by atoms with van der Waals surface area (Å²) in [6.07, 6.45) is 0.243. The van der Waals surface area contributed by atoms with Crippen LogP contribution in [0.2, 0.25) is 0 Å². The first-order valence-electron chi connectivity index (χ1n) is 9.79. The molecule has 27 heavy (non-hydrogen) atoms. The topological polar surface area (TPSA) is 63.2 Å². The molecule has 0 saturated carbocycles. The van der Waals surface area contributed by atoms with Gasteiger partial charge < -0.3 is 23.3 Å². The third-order valence-corrected chi connectivity index (χ3v) is 6.36. The Morgan fingerprint density at radius 3 is 1.93 bits per heavy atom. The maximum absolute atomic E-state index is 12.7. The van der Waals surface area contributed by atoms with Gasteiger partial charge in [0.25, 0.3) is 0 Å². The number of hydrogen-bond donors (Lipinski definition) is 0. The van der Waals surface area contributed by atoms with Crippen molar-refractivity contribution in [1.29, 1.82) is 0 Å². The van der Waals surface area contributed by atoms with E-state index in [1.54, 1.807) is 7.11 Å². The largest absolute Gasteiger partial charge is 0.382 e. The summed E-state index contributed by atoms with van der Waals surface area (Å²) in [5.41, 5.74) is 0. The van der Waals surface area contributed by atoms with Gasteiger partial charge in [-0.25, -0.2) is 0 Å². The second kappa shape index (κ2) is 11.4. The smallest absolute Gasteiger partial charge is 0.328 e. The first-order valence-corrected chi connectivity index (χ1v) is 11.8. The van der Waals surface area contributed by atoms with Crippen LogP contribution in [0.1, 0.15) is 41.0 Å². The molecule has 0 bridgehead atoms. The van der Waals surface area contributed by atoms with Crippen LogP contribution in [-0.2, 0) is 27.8 Å². The number of methoxy groups -OCH3 is 1. The molecule has 9 heteroatoms. The van der Waals surface area contributed by atoms with E-state index in [4.69, 9.17) is 39.0 Å². The van der Waals surface area contributed by atoms with Crippen LogP contribution in [0, 0.1) is 17.8 Å². The predicted molar refractivity (Wildman–Crippen MR) is 109 cm³/mol. The van der Waals surface area contributed by atoms with E-state index in [-0.39, 0.29) is 42.6 Å². The first-order chi connectivity index (χ1) is 12.6. The summed E-state index contributed by atoms with van der Waals surface area (Å²) in [4.78, 5) is 0. The maximum atomic E-state index is 12.7. The molecular formula is C18H35B2O6P. The van der Waals surface area contributed by atoms with Crippen molar-refractivity contribution in [3.8, 4) is 0 Å². The number of hydrogen-bond acceptors (Lipinski definition) is 6. The molecule has 0 aliphatic carbocycles. The Morgan fingerprint density at radius 2 is 1.44 bits per heavy atom. The monoisotopic (exact) mass is 400 g/mol. The van der Waals surface area contributed by atoms with Crippen molar-refractivity contribution in [3.63, 3.8) is 0 Å². The predicted octanol–water partition coefficient (Wildman–Crippen LogP) is 2.97. The fraction of sp³-hybridized carbons (Fsp3) is 1.00. The molecule has 0 aromatic rings. The molecule has 9 unspecified atom stereocenters. The standard InChI is InChI=1S/C15H27B2O6P.C3H8/c1-8-9(2)14(16)21-11(8)7-20-24(5,18)23-13-10(3)15(17)22-12(13)6-19-4;1-3-2/h8-15H,6-7H2,1-5H3;3H2,1-2H3. The van der Waals surface area contributed by atoms with Crippen molar-refractivity contribution < 1.29 is 27.8 Å². The van der Waals surface area contributed by atoms with E-state index in [0.29, 0.717) is 6.61 Å². The molecule has 2 aliphatic heterocycles. The van der Waals surface area contributed by atoms with E-state index in [1.807, 2.05) is 20.8 Å².